The molecule has 15 heavy (non-hydrogen) atoms. The number of β-amino-alcohol motifs (C(OH)–C–C–N with tert-alkyl or cyclic N) is 1. The molecule has 1 aliphatic heterocycles. The summed E-state index contributed by atoms with van der Waals surface area (Å²) in [6, 6.07) is 0. The number of carbonyl (C=O) groups is 1. The minimum absolute atomic E-state index is 0.164. The average molecular weight is 214 g/mol. The van der Waals surface area contributed by atoms with Crippen LogP contribution in [0.1, 0.15) is 26.2 Å². The SMILES string of the molecule is CCCCN(C)C(=O)CN1CC[C@H](O)C1. The van der Waals surface area contributed by atoms with Gasteiger partial charge in [0, 0.05) is 26.7 Å². The first-order valence-corrected chi connectivity index (χ1v) is 5.78. The summed E-state index contributed by atoms with van der Waals surface area (Å²) in [7, 11) is 1.85. The fourth-order valence-corrected chi connectivity index (χ4v) is 1.79. The molecule has 0 aromatic rings. The summed E-state index contributed by atoms with van der Waals surface area (Å²) in [4.78, 5) is 15.5. The topological polar surface area (TPSA) is 43.8 Å². The number of hydrogen-bond donors (Lipinski definition) is 1. The molecule has 1 rings (SSSR count). The summed E-state index contributed by atoms with van der Waals surface area (Å²) in [6.07, 6.45) is 2.73. The van der Waals surface area contributed by atoms with Gasteiger partial charge < -0.3 is 10.0 Å². The maximum atomic E-state index is 11.7. The monoisotopic (exact) mass is 214 g/mol. The summed E-state index contributed by atoms with van der Waals surface area (Å²) >= 11 is 0. The molecule has 1 fully saturated rings. The summed E-state index contributed by atoms with van der Waals surface area (Å²) in [5, 5.41) is 9.33. The number of nitrogens with zero attached hydrogens (tertiary/aromatic N) is 2. The highest BCUT2D eigenvalue weighted by Gasteiger charge is 2.22. The molecule has 0 spiro atoms. The van der Waals surface area contributed by atoms with E-state index in [0.29, 0.717) is 13.1 Å². The third-order valence-electron chi connectivity index (χ3n) is 2.88. The van der Waals surface area contributed by atoms with Crippen LogP contribution in [0.15, 0.2) is 0 Å². The fourth-order valence-electron chi connectivity index (χ4n) is 1.79. The molecule has 1 aliphatic rings. The van der Waals surface area contributed by atoms with Gasteiger partial charge in [0.2, 0.25) is 5.91 Å². The fraction of sp³-hybridized carbons (Fsp3) is 0.909. The van der Waals surface area contributed by atoms with Crippen molar-refractivity contribution in [3.63, 3.8) is 0 Å². The van der Waals surface area contributed by atoms with Gasteiger partial charge in [-0.3, -0.25) is 9.69 Å². The molecule has 88 valence electrons. The lowest BCUT2D eigenvalue weighted by atomic mass is 10.3. The van der Waals surface area contributed by atoms with Crippen molar-refractivity contribution in [2.75, 3.05) is 33.2 Å². The second-order valence-corrected chi connectivity index (χ2v) is 4.35. The lowest BCUT2D eigenvalue weighted by Crippen LogP contribution is -2.38. The molecule has 0 bridgehead atoms. The third-order valence-corrected chi connectivity index (χ3v) is 2.88. The third kappa shape index (κ3) is 4.18. The van der Waals surface area contributed by atoms with Gasteiger partial charge in [-0.05, 0) is 12.8 Å². The molecule has 0 aliphatic carbocycles. The molecule has 0 aromatic heterocycles. The molecule has 0 aromatic carbocycles. The Hall–Kier alpha value is -0.610. The normalized spacial score (nSPS) is 21.9. The van der Waals surface area contributed by atoms with Crippen LogP contribution in [0.25, 0.3) is 0 Å². The van der Waals surface area contributed by atoms with Gasteiger partial charge in [0.05, 0.1) is 12.6 Å². The van der Waals surface area contributed by atoms with E-state index in [2.05, 4.69) is 6.92 Å². The van der Waals surface area contributed by atoms with Crippen molar-refractivity contribution in [2.24, 2.45) is 0 Å². The van der Waals surface area contributed by atoms with E-state index < -0.39 is 0 Å². The number of likely N-dealkylation sites (tertiary alicyclic amines) is 1. The molecule has 0 saturated carbocycles. The first-order valence-electron chi connectivity index (χ1n) is 5.78. The molecule has 1 saturated heterocycles. The standard InChI is InChI=1S/C11H22N2O2/c1-3-4-6-12(2)11(15)9-13-7-5-10(14)8-13/h10,14H,3-9H2,1-2H3/t10-/m0/s1. The molecule has 1 amide bonds. The van der Waals surface area contributed by atoms with Crippen LogP contribution < -0.4 is 0 Å². The number of carbonyl (C=O) groups excluding carboxylic acids is 1. The van der Waals surface area contributed by atoms with E-state index in [4.69, 9.17) is 0 Å². The number of amides is 1. The van der Waals surface area contributed by atoms with Crippen molar-refractivity contribution >= 4 is 5.91 Å². The van der Waals surface area contributed by atoms with Crippen molar-refractivity contribution in [1.29, 1.82) is 0 Å². The first kappa shape index (κ1) is 12.5. The van der Waals surface area contributed by atoms with Crippen LogP contribution >= 0.6 is 0 Å². The van der Waals surface area contributed by atoms with Crippen molar-refractivity contribution in [3.05, 3.63) is 0 Å². The Morgan fingerprint density at radius 1 is 1.60 bits per heavy atom. The van der Waals surface area contributed by atoms with Crippen LogP contribution in [-0.4, -0.2) is 60.1 Å². The van der Waals surface area contributed by atoms with Crippen molar-refractivity contribution in [2.45, 2.75) is 32.3 Å². The van der Waals surface area contributed by atoms with Crippen LogP contribution in [0.3, 0.4) is 0 Å². The van der Waals surface area contributed by atoms with E-state index in [9.17, 15) is 9.90 Å². The molecule has 1 atom stereocenters. The van der Waals surface area contributed by atoms with E-state index in [-0.39, 0.29) is 12.0 Å². The smallest absolute Gasteiger partial charge is 0.236 e. The Labute approximate surface area is 91.9 Å². The predicted octanol–water partition coefficient (Wildman–Crippen LogP) is 0.311. The zero-order chi connectivity index (χ0) is 11.3. The molecule has 0 unspecified atom stereocenters. The Balaban J connectivity index is 2.22. The minimum Gasteiger partial charge on any atom is -0.392 e. The Morgan fingerprint density at radius 3 is 2.87 bits per heavy atom. The van der Waals surface area contributed by atoms with Gasteiger partial charge >= 0.3 is 0 Å². The Kier molecular flexibility index (Phi) is 5.05. The van der Waals surface area contributed by atoms with E-state index in [1.165, 1.54) is 0 Å². The Morgan fingerprint density at radius 2 is 2.33 bits per heavy atom. The summed E-state index contributed by atoms with van der Waals surface area (Å²) in [6.45, 7) is 4.90. The van der Waals surface area contributed by atoms with Gasteiger partial charge in [-0.25, -0.2) is 0 Å². The van der Waals surface area contributed by atoms with Crippen LogP contribution in [0.5, 0.6) is 0 Å². The molecule has 4 nitrogen and oxygen atoms in total. The van der Waals surface area contributed by atoms with Gasteiger partial charge in [-0.15, -0.1) is 0 Å². The van der Waals surface area contributed by atoms with Crippen molar-refractivity contribution < 1.29 is 9.90 Å². The second kappa shape index (κ2) is 6.08. The number of aliphatic hydroxyl groups is 1. The molecule has 0 radical (unpaired) electrons. The molecular weight excluding hydrogens is 192 g/mol. The zero-order valence-electron chi connectivity index (χ0n) is 9.78. The van der Waals surface area contributed by atoms with Crippen molar-refractivity contribution in [1.82, 2.24) is 9.80 Å². The van der Waals surface area contributed by atoms with E-state index in [1.54, 1.807) is 4.90 Å². The van der Waals surface area contributed by atoms with Crippen LogP contribution in [0, 0.1) is 0 Å². The minimum atomic E-state index is -0.237. The van der Waals surface area contributed by atoms with E-state index in [0.717, 1.165) is 32.4 Å². The van der Waals surface area contributed by atoms with E-state index in [1.807, 2.05) is 11.9 Å². The molecular formula is C11H22N2O2. The highest BCUT2D eigenvalue weighted by atomic mass is 16.3. The molecule has 1 heterocycles. The van der Waals surface area contributed by atoms with Gasteiger partial charge in [-0.1, -0.05) is 13.3 Å². The second-order valence-electron chi connectivity index (χ2n) is 4.35. The van der Waals surface area contributed by atoms with Crippen LogP contribution in [-0.2, 0) is 4.79 Å². The number of likely N-dealkylation sites (N-methyl/N-ethyl adjacent to an activating group) is 1. The average Bonchev–Trinajstić information content (AvgIpc) is 2.60. The lowest BCUT2D eigenvalue weighted by molar-refractivity contribution is -0.131. The summed E-state index contributed by atoms with van der Waals surface area (Å²) in [5.74, 6) is 0.164. The molecule has 4 heteroatoms. The summed E-state index contributed by atoms with van der Waals surface area (Å²) in [5.41, 5.74) is 0. The highest BCUT2D eigenvalue weighted by molar-refractivity contribution is 5.78. The van der Waals surface area contributed by atoms with E-state index >= 15 is 0 Å². The molecule has 1 N–H and O–H groups in total. The number of unbranched alkanes of at least 4 members (excludes halogenated alkanes) is 1. The zero-order valence-corrected chi connectivity index (χ0v) is 9.78. The van der Waals surface area contributed by atoms with Crippen LogP contribution in [0.4, 0.5) is 0 Å². The van der Waals surface area contributed by atoms with Crippen LogP contribution in [0.2, 0.25) is 0 Å². The number of aliphatic hydroxyl groups excluding tert-OH is 1. The summed E-state index contributed by atoms with van der Waals surface area (Å²) < 4.78 is 0. The number of rotatable bonds is 5. The van der Waals surface area contributed by atoms with Gasteiger partial charge in [0.1, 0.15) is 0 Å². The highest BCUT2D eigenvalue weighted by Crippen LogP contribution is 2.08. The van der Waals surface area contributed by atoms with Crippen molar-refractivity contribution in [3.8, 4) is 0 Å². The van der Waals surface area contributed by atoms with Gasteiger partial charge in [0.15, 0.2) is 0 Å². The first-order chi connectivity index (χ1) is 7.13. The number of hydrogen-bond acceptors (Lipinski definition) is 3. The predicted molar refractivity (Wildman–Crippen MR) is 59.6 cm³/mol. The lowest BCUT2D eigenvalue weighted by Gasteiger charge is -2.21. The Bertz CT molecular complexity index is 209. The maximum absolute atomic E-state index is 11.7. The quantitative estimate of drug-likeness (QED) is 0.716. The van der Waals surface area contributed by atoms with Gasteiger partial charge in [-0.2, -0.15) is 0 Å². The van der Waals surface area contributed by atoms with Gasteiger partial charge in [0.25, 0.3) is 0 Å². The maximum Gasteiger partial charge on any atom is 0.236 e. The largest absolute Gasteiger partial charge is 0.392 e.